The normalized spacial score (nSPS) is 23.4. The second kappa shape index (κ2) is 11.5. The zero-order valence-electron chi connectivity index (χ0n) is 16.1. The third-order valence-electron chi connectivity index (χ3n) is 5.05. The molecule has 0 radical (unpaired) electrons. The van der Waals surface area contributed by atoms with Gasteiger partial charge < -0.3 is 19.7 Å². The van der Waals surface area contributed by atoms with Crippen molar-refractivity contribution in [2.75, 3.05) is 66.2 Å². The van der Waals surface area contributed by atoms with E-state index >= 15 is 0 Å². The number of aliphatic imine (C=N–C) groups is 1. The lowest BCUT2D eigenvalue weighted by Crippen LogP contribution is -2.49. The highest BCUT2D eigenvalue weighted by Gasteiger charge is 2.31. The summed E-state index contributed by atoms with van der Waals surface area (Å²) in [5, 5.41) is 3.43. The summed E-state index contributed by atoms with van der Waals surface area (Å²) in [4.78, 5) is 9.76. The van der Waals surface area contributed by atoms with Crippen molar-refractivity contribution in [2.45, 2.75) is 32.2 Å². The standard InChI is InChI=1S/C19H36N4O2/c1-4-6-7-9-22(3)19(20-5-2)21-15-18(17-8-12-25-16-17)23-10-13-24-14-11-23/h4,17-18H,1,5-16H2,2-3H3,(H,20,21). The van der Waals surface area contributed by atoms with Gasteiger partial charge in [0.15, 0.2) is 5.96 Å². The molecule has 25 heavy (non-hydrogen) atoms. The Morgan fingerprint density at radius 2 is 2.16 bits per heavy atom. The molecule has 2 atom stereocenters. The molecule has 0 saturated carbocycles. The van der Waals surface area contributed by atoms with Gasteiger partial charge in [-0.3, -0.25) is 9.89 Å². The maximum atomic E-state index is 5.65. The fraction of sp³-hybridized carbons (Fsp3) is 0.842. The number of nitrogens with one attached hydrogen (secondary N) is 1. The summed E-state index contributed by atoms with van der Waals surface area (Å²) >= 11 is 0. The third-order valence-corrected chi connectivity index (χ3v) is 5.05. The van der Waals surface area contributed by atoms with Crippen LogP contribution in [0.4, 0.5) is 0 Å². The first-order valence-corrected chi connectivity index (χ1v) is 9.76. The second-order valence-corrected chi connectivity index (χ2v) is 6.89. The van der Waals surface area contributed by atoms with E-state index in [1.165, 1.54) is 0 Å². The molecule has 0 aromatic heterocycles. The van der Waals surface area contributed by atoms with Crippen LogP contribution in [0.5, 0.6) is 0 Å². The number of ether oxygens (including phenoxy) is 2. The first kappa shape index (κ1) is 20.2. The van der Waals surface area contributed by atoms with Crippen molar-refractivity contribution >= 4 is 5.96 Å². The summed E-state index contributed by atoms with van der Waals surface area (Å²) in [5.41, 5.74) is 0. The molecular formula is C19H36N4O2. The SMILES string of the molecule is C=CCCCN(C)C(=NCC(C1CCOC1)N1CCOCC1)NCC. The Morgan fingerprint density at radius 1 is 1.36 bits per heavy atom. The maximum absolute atomic E-state index is 5.65. The molecule has 6 nitrogen and oxygen atoms in total. The van der Waals surface area contributed by atoms with Gasteiger partial charge in [0, 0.05) is 51.8 Å². The Morgan fingerprint density at radius 3 is 2.80 bits per heavy atom. The van der Waals surface area contributed by atoms with Crippen LogP contribution in [0.1, 0.15) is 26.2 Å². The van der Waals surface area contributed by atoms with E-state index in [-0.39, 0.29) is 0 Å². The fourth-order valence-corrected chi connectivity index (χ4v) is 3.56. The lowest BCUT2D eigenvalue weighted by molar-refractivity contribution is 0.00364. The number of guanidine groups is 1. The van der Waals surface area contributed by atoms with Gasteiger partial charge in [-0.25, -0.2) is 0 Å². The molecule has 2 aliphatic rings. The van der Waals surface area contributed by atoms with Gasteiger partial charge in [-0.15, -0.1) is 6.58 Å². The van der Waals surface area contributed by atoms with Crippen LogP contribution in [0.2, 0.25) is 0 Å². The van der Waals surface area contributed by atoms with Crippen molar-refractivity contribution in [3.63, 3.8) is 0 Å². The van der Waals surface area contributed by atoms with E-state index in [0.717, 1.165) is 84.4 Å². The molecule has 0 aromatic carbocycles. The van der Waals surface area contributed by atoms with Crippen LogP contribution in [0.3, 0.4) is 0 Å². The summed E-state index contributed by atoms with van der Waals surface area (Å²) in [6.45, 7) is 14.0. The topological polar surface area (TPSA) is 49.3 Å². The van der Waals surface area contributed by atoms with Crippen molar-refractivity contribution in [3.8, 4) is 0 Å². The van der Waals surface area contributed by atoms with Crippen molar-refractivity contribution < 1.29 is 9.47 Å². The lowest BCUT2D eigenvalue weighted by Gasteiger charge is -2.37. The van der Waals surface area contributed by atoms with Crippen LogP contribution in [-0.4, -0.2) is 88.0 Å². The predicted molar refractivity (Wildman–Crippen MR) is 103 cm³/mol. The third kappa shape index (κ3) is 6.60. The van der Waals surface area contributed by atoms with E-state index in [2.05, 4.69) is 35.7 Å². The first-order valence-electron chi connectivity index (χ1n) is 9.76. The second-order valence-electron chi connectivity index (χ2n) is 6.89. The smallest absolute Gasteiger partial charge is 0.193 e. The number of morpholine rings is 1. The Bertz CT molecular complexity index is 404. The van der Waals surface area contributed by atoms with Crippen LogP contribution in [0.25, 0.3) is 0 Å². The summed E-state index contributed by atoms with van der Waals surface area (Å²) < 4.78 is 11.2. The van der Waals surface area contributed by atoms with Gasteiger partial charge >= 0.3 is 0 Å². The van der Waals surface area contributed by atoms with Gasteiger partial charge in [-0.1, -0.05) is 6.08 Å². The molecule has 2 heterocycles. The molecule has 2 saturated heterocycles. The molecular weight excluding hydrogens is 316 g/mol. The van der Waals surface area contributed by atoms with Gasteiger partial charge in [0.25, 0.3) is 0 Å². The monoisotopic (exact) mass is 352 g/mol. The maximum Gasteiger partial charge on any atom is 0.193 e. The van der Waals surface area contributed by atoms with Crippen molar-refractivity contribution in [3.05, 3.63) is 12.7 Å². The average Bonchev–Trinajstić information content (AvgIpc) is 3.16. The van der Waals surface area contributed by atoms with E-state index in [0.29, 0.717) is 12.0 Å². The van der Waals surface area contributed by atoms with Crippen LogP contribution < -0.4 is 5.32 Å². The van der Waals surface area contributed by atoms with E-state index in [1.807, 2.05) is 6.08 Å². The van der Waals surface area contributed by atoms with Crippen LogP contribution in [0, 0.1) is 5.92 Å². The van der Waals surface area contributed by atoms with Gasteiger partial charge in [-0.05, 0) is 26.2 Å². The Balaban J connectivity index is 1.99. The molecule has 2 unspecified atom stereocenters. The van der Waals surface area contributed by atoms with Crippen molar-refractivity contribution in [2.24, 2.45) is 10.9 Å². The molecule has 2 rings (SSSR count). The van der Waals surface area contributed by atoms with Crippen LogP contribution in [-0.2, 0) is 9.47 Å². The van der Waals surface area contributed by atoms with Gasteiger partial charge in [0.2, 0.25) is 0 Å². The molecule has 6 heteroatoms. The van der Waals surface area contributed by atoms with Crippen LogP contribution in [0.15, 0.2) is 17.6 Å². The van der Waals surface area contributed by atoms with E-state index in [4.69, 9.17) is 14.5 Å². The van der Waals surface area contributed by atoms with Gasteiger partial charge in [0.1, 0.15) is 0 Å². The first-order chi connectivity index (χ1) is 12.3. The highest BCUT2D eigenvalue weighted by molar-refractivity contribution is 5.79. The Labute approximate surface area is 153 Å². The summed E-state index contributed by atoms with van der Waals surface area (Å²) in [6, 6.07) is 0.446. The number of rotatable bonds is 9. The highest BCUT2D eigenvalue weighted by Crippen LogP contribution is 2.22. The predicted octanol–water partition coefficient (Wildman–Crippen LogP) is 1.59. The quantitative estimate of drug-likeness (QED) is 0.296. The molecule has 0 aromatic rings. The zero-order valence-corrected chi connectivity index (χ0v) is 16.1. The van der Waals surface area contributed by atoms with E-state index in [1.54, 1.807) is 0 Å². The van der Waals surface area contributed by atoms with E-state index in [9.17, 15) is 0 Å². The molecule has 0 aliphatic carbocycles. The average molecular weight is 353 g/mol. The number of nitrogens with zero attached hydrogens (tertiary/aromatic N) is 3. The number of allylic oxidation sites excluding steroid dienone is 1. The minimum atomic E-state index is 0.446. The Kier molecular flexibility index (Phi) is 9.29. The number of hydrogen-bond acceptors (Lipinski definition) is 4. The number of hydrogen-bond donors (Lipinski definition) is 1. The molecule has 2 fully saturated rings. The zero-order chi connectivity index (χ0) is 17.9. The van der Waals surface area contributed by atoms with Gasteiger partial charge in [0.05, 0.1) is 26.4 Å². The molecule has 0 amide bonds. The van der Waals surface area contributed by atoms with Crippen molar-refractivity contribution in [1.82, 2.24) is 15.1 Å². The van der Waals surface area contributed by atoms with E-state index < -0.39 is 0 Å². The highest BCUT2D eigenvalue weighted by atomic mass is 16.5. The molecule has 1 N–H and O–H groups in total. The summed E-state index contributed by atoms with van der Waals surface area (Å²) in [6.07, 6.45) is 5.27. The van der Waals surface area contributed by atoms with Crippen LogP contribution >= 0.6 is 0 Å². The summed E-state index contributed by atoms with van der Waals surface area (Å²) in [7, 11) is 2.12. The lowest BCUT2D eigenvalue weighted by atomic mass is 9.97. The largest absolute Gasteiger partial charge is 0.381 e. The fourth-order valence-electron chi connectivity index (χ4n) is 3.56. The summed E-state index contributed by atoms with van der Waals surface area (Å²) in [5.74, 6) is 1.58. The molecule has 0 spiro atoms. The minimum absolute atomic E-state index is 0.446. The number of unbranched alkanes of at least 4 members (excludes halogenated alkanes) is 1. The van der Waals surface area contributed by atoms with Gasteiger partial charge in [-0.2, -0.15) is 0 Å². The minimum Gasteiger partial charge on any atom is -0.381 e. The molecule has 144 valence electrons. The van der Waals surface area contributed by atoms with Crippen molar-refractivity contribution in [1.29, 1.82) is 0 Å². The molecule has 2 aliphatic heterocycles. The Hall–Kier alpha value is -1.11. The molecule has 0 bridgehead atoms.